The molecule has 0 spiro atoms. The molecule has 0 amide bonds. The van der Waals surface area contributed by atoms with Crippen molar-refractivity contribution in [2.24, 2.45) is 0 Å². The van der Waals surface area contributed by atoms with Crippen LogP contribution in [-0.2, 0) is 6.54 Å². The lowest BCUT2D eigenvalue weighted by molar-refractivity contribution is 0.410. The second-order valence-corrected chi connectivity index (χ2v) is 5.12. The Kier molecular flexibility index (Phi) is 4.18. The van der Waals surface area contributed by atoms with Crippen molar-refractivity contribution < 1.29 is 9.84 Å². The molecule has 0 bridgehead atoms. The van der Waals surface area contributed by atoms with E-state index in [4.69, 9.17) is 4.74 Å². The molecule has 0 fully saturated rings. The normalized spacial score (nSPS) is 10.4. The average molecular weight is 271 g/mol. The third kappa shape index (κ3) is 3.05. The van der Waals surface area contributed by atoms with Gasteiger partial charge in [-0.2, -0.15) is 0 Å². The summed E-state index contributed by atoms with van der Waals surface area (Å²) in [4.78, 5) is 0. The van der Waals surface area contributed by atoms with Crippen LogP contribution in [0.3, 0.4) is 0 Å². The topological polar surface area (TPSA) is 41.5 Å². The highest BCUT2D eigenvalue weighted by molar-refractivity contribution is 5.57. The van der Waals surface area contributed by atoms with Crippen LogP contribution in [0.25, 0.3) is 0 Å². The number of nitrogens with one attached hydrogen (secondary N) is 1. The molecule has 2 rings (SSSR count). The number of hydrogen-bond acceptors (Lipinski definition) is 3. The Morgan fingerprint density at radius 3 is 2.50 bits per heavy atom. The van der Waals surface area contributed by atoms with Crippen molar-refractivity contribution in [3.63, 3.8) is 0 Å². The molecular formula is C17H21NO2. The van der Waals surface area contributed by atoms with Crippen LogP contribution in [0.15, 0.2) is 30.3 Å². The third-order valence-corrected chi connectivity index (χ3v) is 3.45. The minimum atomic E-state index is 0.334. The maximum absolute atomic E-state index is 9.68. The quantitative estimate of drug-likeness (QED) is 0.828. The van der Waals surface area contributed by atoms with E-state index in [0.717, 1.165) is 28.1 Å². The Hall–Kier alpha value is -2.16. The molecule has 106 valence electrons. The first kappa shape index (κ1) is 14.3. The molecule has 0 aliphatic heterocycles. The van der Waals surface area contributed by atoms with E-state index in [1.54, 1.807) is 13.2 Å². The summed E-state index contributed by atoms with van der Waals surface area (Å²) in [5.74, 6) is 1.22. The van der Waals surface area contributed by atoms with Gasteiger partial charge in [0.15, 0.2) is 0 Å². The smallest absolute Gasteiger partial charge is 0.123 e. The van der Waals surface area contributed by atoms with Gasteiger partial charge < -0.3 is 15.2 Å². The molecule has 0 unspecified atom stereocenters. The number of ether oxygens (including phenoxy) is 1. The number of aromatic hydroxyl groups is 1. The second-order valence-electron chi connectivity index (χ2n) is 5.12. The van der Waals surface area contributed by atoms with Crippen LogP contribution in [0.2, 0.25) is 0 Å². The lowest BCUT2D eigenvalue weighted by Gasteiger charge is -2.14. The van der Waals surface area contributed by atoms with Crippen molar-refractivity contribution in [3.05, 3.63) is 52.6 Å². The molecule has 2 aromatic carbocycles. The van der Waals surface area contributed by atoms with E-state index in [0.29, 0.717) is 12.3 Å². The SMILES string of the molecule is COc1ccc(C)cc1CNc1cc(C)c(O)cc1C. The summed E-state index contributed by atoms with van der Waals surface area (Å²) in [6.07, 6.45) is 0. The molecule has 0 saturated carbocycles. The van der Waals surface area contributed by atoms with Crippen LogP contribution in [-0.4, -0.2) is 12.2 Å². The fraction of sp³-hybridized carbons (Fsp3) is 0.294. The number of phenols is 1. The predicted octanol–water partition coefficient (Wildman–Crippen LogP) is 3.94. The maximum Gasteiger partial charge on any atom is 0.123 e. The van der Waals surface area contributed by atoms with Gasteiger partial charge in [-0.05, 0) is 50.1 Å². The summed E-state index contributed by atoms with van der Waals surface area (Å²) in [7, 11) is 1.68. The van der Waals surface area contributed by atoms with Gasteiger partial charge in [0.2, 0.25) is 0 Å². The van der Waals surface area contributed by atoms with Gasteiger partial charge in [-0.15, -0.1) is 0 Å². The van der Waals surface area contributed by atoms with Crippen molar-refractivity contribution in [3.8, 4) is 11.5 Å². The van der Waals surface area contributed by atoms with Gasteiger partial charge in [-0.3, -0.25) is 0 Å². The number of anilines is 1. The number of methoxy groups -OCH3 is 1. The fourth-order valence-corrected chi connectivity index (χ4v) is 2.23. The van der Waals surface area contributed by atoms with Crippen LogP contribution in [0.1, 0.15) is 22.3 Å². The highest BCUT2D eigenvalue weighted by atomic mass is 16.5. The molecule has 0 aliphatic carbocycles. The van der Waals surface area contributed by atoms with Gasteiger partial charge in [-0.25, -0.2) is 0 Å². The van der Waals surface area contributed by atoms with Gasteiger partial charge in [0, 0.05) is 17.8 Å². The van der Waals surface area contributed by atoms with Crippen molar-refractivity contribution in [2.75, 3.05) is 12.4 Å². The molecular weight excluding hydrogens is 250 g/mol. The number of phenolic OH excluding ortho intramolecular Hbond substituents is 1. The van der Waals surface area contributed by atoms with E-state index in [-0.39, 0.29) is 0 Å². The van der Waals surface area contributed by atoms with E-state index < -0.39 is 0 Å². The first-order valence-electron chi connectivity index (χ1n) is 6.69. The van der Waals surface area contributed by atoms with E-state index in [1.165, 1.54) is 5.56 Å². The Morgan fingerprint density at radius 1 is 1.05 bits per heavy atom. The van der Waals surface area contributed by atoms with E-state index in [2.05, 4.69) is 18.3 Å². The van der Waals surface area contributed by atoms with E-state index in [1.807, 2.05) is 32.0 Å². The standard InChI is InChI=1S/C17H21NO2/c1-11-5-6-17(20-4)14(7-11)10-18-15-8-13(3)16(19)9-12(15)2/h5-9,18-19H,10H2,1-4H3. The summed E-state index contributed by atoms with van der Waals surface area (Å²) in [5, 5.41) is 13.1. The zero-order valence-corrected chi connectivity index (χ0v) is 12.4. The van der Waals surface area contributed by atoms with Crippen molar-refractivity contribution >= 4 is 5.69 Å². The van der Waals surface area contributed by atoms with Crippen molar-refractivity contribution in [1.29, 1.82) is 0 Å². The van der Waals surface area contributed by atoms with E-state index >= 15 is 0 Å². The molecule has 0 aliphatic rings. The van der Waals surface area contributed by atoms with Gasteiger partial charge in [0.1, 0.15) is 11.5 Å². The molecule has 0 heterocycles. The summed E-state index contributed by atoms with van der Waals surface area (Å²) in [6, 6.07) is 9.89. The Morgan fingerprint density at radius 2 is 1.80 bits per heavy atom. The summed E-state index contributed by atoms with van der Waals surface area (Å²) < 4.78 is 5.38. The largest absolute Gasteiger partial charge is 0.508 e. The van der Waals surface area contributed by atoms with Crippen LogP contribution < -0.4 is 10.1 Å². The van der Waals surface area contributed by atoms with Gasteiger partial charge in [-0.1, -0.05) is 17.7 Å². The molecule has 3 heteroatoms. The minimum absolute atomic E-state index is 0.334. The first-order valence-corrected chi connectivity index (χ1v) is 6.69. The zero-order valence-electron chi connectivity index (χ0n) is 12.4. The van der Waals surface area contributed by atoms with Crippen LogP contribution in [0.4, 0.5) is 5.69 Å². The molecule has 20 heavy (non-hydrogen) atoms. The molecule has 3 nitrogen and oxygen atoms in total. The number of hydrogen-bond donors (Lipinski definition) is 2. The highest BCUT2D eigenvalue weighted by Gasteiger charge is 2.06. The Bertz CT molecular complexity index is 621. The Labute approximate surface area is 120 Å². The zero-order chi connectivity index (χ0) is 14.7. The van der Waals surface area contributed by atoms with Crippen molar-refractivity contribution in [2.45, 2.75) is 27.3 Å². The monoisotopic (exact) mass is 271 g/mol. The molecule has 2 N–H and O–H groups in total. The van der Waals surface area contributed by atoms with Crippen LogP contribution in [0, 0.1) is 20.8 Å². The molecule has 2 aromatic rings. The number of aryl methyl sites for hydroxylation is 3. The molecule has 0 saturated heterocycles. The van der Waals surface area contributed by atoms with E-state index in [9.17, 15) is 5.11 Å². The van der Waals surface area contributed by atoms with Gasteiger partial charge in [0.25, 0.3) is 0 Å². The lowest BCUT2D eigenvalue weighted by atomic mass is 10.1. The molecule has 0 atom stereocenters. The average Bonchev–Trinajstić information content (AvgIpc) is 2.41. The Balaban J connectivity index is 2.21. The summed E-state index contributed by atoms with van der Waals surface area (Å²) in [5.41, 5.74) is 5.26. The maximum atomic E-state index is 9.68. The fourth-order valence-electron chi connectivity index (χ4n) is 2.23. The second kappa shape index (κ2) is 5.87. The highest BCUT2D eigenvalue weighted by Crippen LogP contribution is 2.26. The summed E-state index contributed by atoms with van der Waals surface area (Å²) in [6.45, 7) is 6.64. The van der Waals surface area contributed by atoms with Gasteiger partial charge in [0.05, 0.1) is 7.11 Å². The first-order chi connectivity index (χ1) is 9.51. The molecule has 0 radical (unpaired) electrons. The van der Waals surface area contributed by atoms with Gasteiger partial charge >= 0.3 is 0 Å². The minimum Gasteiger partial charge on any atom is -0.508 e. The third-order valence-electron chi connectivity index (χ3n) is 3.45. The number of rotatable bonds is 4. The number of benzene rings is 2. The van der Waals surface area contributed by atoms with Crippen LogP contribution in [0.5, 0.6) is 11.5 Å². The molecule has 0 aromatic heterocycles. The summed E-state index contributed by atoms with van der Waals surface area (Å²) >= 11 is 0. The predicted molar refractivity (Wildman–Crippen MR) is 82.6 cm³/mol. The van der Waals surface area contributed by atoms with Crippen LogP contribution >= 0.6 is 0 Å². The van der Waals surface area contributed by atoms with Crippen molar-refractivity contribution in [1.82, 2.24) is 0 Å². The lowest BCUT2D eigenvalue weighted by Crippen LogP contribution is -2.03.